The van der Waals surface area contributed by atoms with E-state index in [0.717, 1.165) is 0 Å². The van der Waals surface area contributed by atoms with Crippen molar-refractivity contribution in [3.63, 3.8) is 0 Å². The van der Waals surface area contributed by atoms with Gasteiger partial charge in [-0.15, -0.1) is 0 Å². The maximum Gasteiger partial charge on any atom is 0.313 e. The molecule has 1 aliphatic carbocycles. The smallest absolute Gasteiger partial charge is 0.313 e. The summed E-state index contributed by atoms with van der Waals surface area (Å²) in [5.41, 5.74) is 1.80. The fourth-order valence-electron chi connectivity index (χ4n) is 3.86. The highest BCUT2D eigenvalue weighted by atomic mass is 28.4. The van der Waals surface area contributed by atoms with E-state index in [1.54, 1.807) is 0 Å². The van der Waals surface area contributed by atoms with Crippen LogP contribution in [0.4, 0.5) is 0 Å². The zero-order valence-electron chi connectivity index (χ0n) is 15.4. The Hall–Kier alpha value is 0.448. The maximum absolute atomic E-state index is 6.25. The van der Waals surface area contributed by atoms with Crippen LogP contribution in [0.15, 0.2) is 11.6 Å². The molecule has 0 N–H and O–H groups in total. The van der Waals surface area contributed by atoms with E-state index >= 15 is 0 Å². The van der Waals surface area contributed by atoms with Gasteiger partial charge in [-0.2, -0.15) is 0 Å². The molecule has 1 fully saturated rings. The summed E-state index contributed by atoms with van der Waals surface area (Å²) in [6.45, 7) is 18.9. The lowest BCUT2D eigenvalue weighted by atomic mass is 9.46. The van der Waals surface area contributed by atoms with Crippen molar-refractivity contribution >= 4 is 39.3 Å². The van der Waals surface area contributed by atoms with Crippen LogP contribution in [0.2, 0.25) is 5.04 Å². The van der Waals surface area contributed by atoms with Gasteiger partial charge in [-0.25, -0.2) is 0 Å². The summed E-state index contributed by atoms with van der Waals surface area (Å²) in [4.78, 5) is 0. The van der Waals surface area contributed by atoms with Crippen molar-refractivity contribution in [2.24, 2.45) is 16.2 Å². The van der Waals surface area contributed by atoms with E-state index in [2.05, 4.69) is 61.5 Å². The average Bonchev–Trinajstić information content (AvgIpc) is 2.35. The molecule has 0 aromatic rings. The predicted molar refractivity (Wildman–Crippen MR) is 101 cm³/mol. The van der Waals surface area contributed by atoms with Crippen molar-refractivity contribution in [3.05, 3.63) is 11.6 Å². The van der Waals surface area contributed by atoms with Crippen LogP contribution in [0.1, 0.15) is 55.4 Å². The summed E-state index contributed by atoms with van der Waals surface area (Å²) in [5.74, 6) is 0. The molecule has 1 unspecified atom stereocenters. The Kier molecular flexibility index (Phi) is 5.18. The molecule has 128 valence electrons. The Morgan fingerprint density at radius 3 is 1.82 bits per heavy atom. The van der Waals surface area contributed by atoms with Crippen molar-refractivity contribution in [2.45, 2.75) is 60.4 Å². The first-order chi connectivity index (χ1) is 9.98. The van der Waals surface area contributed by atoms with Crippen molar-refractivity contribution in [1.82, 2.24) is 0 Å². The molecule has 1 atom stereocenters. The molecule has 8 heteroatoms. The van der Waals surface area contributed by atoms with Crippen LogP contribution >= 0.6 is 0 Å². The van der Waals surface area contributed by atoms with Crippen molar-refractivity contribution in [3.8, 4) is 0 Å². The van der Waals surface area contributed by atoms with Crippen LogP contribution < -0.4 is 0 Å². The third-order valence-corrected chi connectivity index (χ3v) is 15.3. The molecule has 4 nitrogen and oxygen atoms in total. The lowest BCUT2D eigenvalue weighted by Crippen LogP contribution is -2.59. The molecule has 0 radical (unpaired) electrons. The minimum atomic E-state index is -1.88. The zero-order valence-corrected chi connectivity index (χ0v) is 20.8. The number of hydrogen-bond donors (Lipinski definition) is 0. The van der Waals surface area contributed by atoms with E-state index in [1.165, 1.54) is 5.57 Å². The molecule has 1 heterocycles. The Labute approximate surface area is 144 Å². The van der Waals surface area contributed by atoms with Gasteiger partial charge in [0.15, 0.2) is 0 Å². The minimum absolute atomic E-state index is 0.0539. The van der Waals surface area contributed by atoms with E-state index in [0.29, 0.717) is 0 Å². The molecule has 0 amide bonds. The standard InChI is InChI=1S/C14H32O4Si4/c1-10-9-14(8,22-17-20-15-19-16-21-18-22)13(6,7)12(4,5)11(10,2)3/h9,22H,19-21H2,1-8H3. The van der Waals surface area contributed by atoms with E-state index in [1.807, 2.05) is 0 Å². The van der Waals surface area contributed by atoms with E-state index in [-0.39, 0.29) is 21.3 Å². The fraction of sp³-hybridized carbons (Fsp3) is 0.857. The molecule has 0 aromatic heterocycles. The van der Waals surface area contributed by atoms with Gasteiger partial charge in [0.2, 0.25) is 0 Å². The zero-order chi connectivity index (χ0) is 16.8. The van der Waals surface area contributed by atoms with Gasteiger partial charge in [-0.1, -0.05) is 60.1 Å². The normalized spacial score (nSPS) is 41.1. The summed E-state index contributed by atoms with van der Waals surface area (Å²) in [6.07, 6.45) is 2.46. The van der Waals surface area contributed by atoms with Crippen LogP contribution in [-0.2, 0) is 16.5 Å². The average molecular weight is 377 g/mol. The lowest BCUT2D eigenvalue weighted by Gasteiger charge is -2.64. The molecule has 2 rings (SSSR count). The molecule has 1 saturated heterocycles. The second-order valence-electron chi connectivity index (χ2n) is 8.41. The molecular weight excluding hydrogens is 344 g/mol. The molecule has 0 saturated carbocycles. The van der Waals surface area contributed by atoms with Crippen molar-refractivity contribution < 1.29 is 16.5 Å². The first-order valence-corrected chi connectivity index (χ1v) is 13.1. The largest absolute Gasteiger partial charge is 0.425 e. The molecule has 0 bridgehead atoms. The highest BCUT2D eigenvalue weighted by Gasteiger charge is 2.62. The predicted octanol–water partition coefficient (Wildman–Crippen LogP) is 1.08. The molecule has 0 aromatic carbocycles. The fourth-order valence-corrected chi connectivity index (χ4v) is 14.8. The highest BCUT2D eigenvalue weighted by molar-refractivity contribution is 6.62. The molecule has 1 aliphatic heterocycles. The second-order valence-corrected chi connectivity index (χ2v) is 16.9. The Morgan fingerprint density at radius 1 is 0.818 bits per heavy atom. The Bertz CT molecular complexity index is 456. The highest BCUT2D eigenvalue weighted by Crippen LogP contribution is 2.69. The van der Waals surface area contributed by atoms with Crippen molar-refractivity contribution in [1.29, 1.82) is 0 Å². The van der Waals surface area contributed by atoms with E-state index in [4.69, 9.17) is 16.5 Å². The quantitative estimate of drug-likeness (QED) is 0.507. The van der Waals surface area contributed by atoms with Gasteiger partial charge >= 0.3 is 9.28 Å². The van der Waals surface area contributed by atoms with Gasteiger partial charge < -0.3 is 16.5 Å². The third-order valence-electron chi connectivity index (χ3n) is 7.24. The molecule has 2 aliphatic rings. The molecule has 0 spiro atoms. The van der Waals surface area contributed by atoms with Crippen LogP contribution in [-0.4, -0.2) is 39.3 Å². The van der Waals surface area contributed by atoms with Crippen LogP contribution in [0.25, 0.3) is 0 Å². The number of hydrogen-bond acceptors (Lipinski definition) is 4. The molecule has 22 heavy (non-hydrogen) atoms. The summed E-state index contributed by atoms with van der Waals surface area (Å²) >= 11 is 0. The topological polar surface area (TPSA) is 36.9 Å². The Morgan fingerprint density at radius 2 is 1.32 bits per heavy atom. The summed E-state index contributed by atoms with van der Waals surface area (Å²) in [6, 6.07) is 0. The number of allylic oxidation sites excluding steroid dienone is 2. The monoisotopic (exact) mass is 376 g/mol. The van der Waals surface area contributed by atoms with Gasteiger partial charge in [0.05, 0.1) is 0 Å². The first-order valence-electron chi connectivity index (χ1n) is 8.07. The third kappa shape index (κ3) is 2.61. The number of rotatable bonds is 1. The first kappa shape index (κ1) is 18.8. The van der Waals surface area contributed by atoms with Crippen LogP contribution in [0.5, 0.6) is 0 Å². The SMILES string of the molecule is CC1=CC(C)([SiH]2O[SiH2]O[SiH2]O[SiH2]O2)C(C)(C)C(C)(C)C1(C)C. The molecular formula is C14H32O4Si4. The van der Waals surface area contributed by atoms with E-state index in [9.17, 15) is 0 Å². The minimum Gasteiger partial charge on any atom is -0.425 e. The van der Waals surface area contributed by atoms with Gasteiger partial charge in [0, 0.05) is 5.04 Å². The van der Waals surface area contributed by atoms with Gasteiger partial charge in [0.25, 0.3) is 30.0 Å². The summed E-state index contributed by atoms with van der Waals surface area (Å²) in [5, 5.41) is -0.0539. The maximum atomic E-state index is 6.25. The van der Waals surface area contributed by atoms with Gasteiger partial charge in [0.1, 0.15) is 0 Å². The van der Waals surface area contributed by atoms with Crippen LogP contribution in [0.3, 0.4) is 0 Å². The second kappa shape index (κ2) is 6.07. The summed E-state index contributed by atoms with van der Waals surface area (Å²) in [7, 11) is -4.58. The van der Waals surface area contributed by atoms with Crippen molar-refractivity contribution in [2.75, 3.05) is 0 Å². The van der Waals surface area contributed by atoms with Gasteiger partial charge in [-0.3, -0.25) is 0 Å². The summed E-state index contributed by atoms with van der Waals surface area (Å²) < 4.78 is 23.8. The van der Waals surface area contributed by atoms with Crippen LogP contribution in [0, 0.1) is 16.2 Å². The van der Waals surface area contributed by atoms with E-state index < -0.39 is 39.3 Å². The van der Waals surface area contributed by atoms with Gasteiger partial charge in [-0.05, 0) is 23.2 Å². The lowest BCUT2D eigenvalue weighted by molar-refractivity contribution is -0.0374. The Balaban J connectivity index is 2.49.